The van der Waals surface area contributed by atoms with E-state index in [-0.39, 0.29) is 6.04 Å². The van der Waals surface area contributed by atoms with E-state index in [0.29, 0.717) is 17.4 Å². The van der Waals surface area contributed by atoms with Gasteiger partial charge >= 0.3 is 0 Å². The van der Waals surface area contributed by atoms with Crippen molar-refractivity contribution in [3.8, 4) is 0 Å². The third-order valence-electron chi connectivity index (χ3n) is 3.15. The third-order valence-corrected chi connectivity index (χ3v) is 3.15. The first kappa shape index (κ1) is 10.6. The topological polar surface area (TPSA) is 12.0 Å². The van der Waals surface area contributed by atoms with Crippen molar-refractivity contribution >= 4 is 0 Å². The van der Waals surface area contributed by atoms with Gasteiger partial charge < -0.3 is 5.32 Å². The molecule has 1 aromatic carbocycles. The van der Waals surface area contributed by atoms with Gasteiger partial charge in [-0.05, 0) is 43.0 Å². The Morgan fingerprint density at radius 1 is 1.27 bits per heavy atom. The molecule has 1 fully saturated rings. The molecule has 0 bridgehead atoms. The molecule has 0 amide bonds. The van der Waals surface area contributed by atoms with Crippen LogP contribution in [0.4, 0.5) is 8.78 Å². The maximum Gasteiger partial charge on any atom is 0.126 e. The van der Waals surface area contributed by atoms with Gasteiger partial charge in [-0.25, -0.2) is 8.78 Å². The van der Waals surface area contributed by atoms with Crippen LogP contribution in [0.25, 0.3) is 0 Å². The lowest BCUT2D eigenvalue weighted by Gasteiger charge is -2.16. The average Bonchev–Trinajstić information content (AvgIpc) is 2.82. The van der Waals surface area contributed by atoms with Crippen molar-refractivity contribution in [2.75, 3.05) is 7.05 Å². The Bertz CT molecular complexity index is 344. The molecule has 15 heavy (non-hydrogen) atoms. The number of rotatable bonds is 3. The Labute approximate surface area is 88.5 Å². The third kappa shape index (κ3) is 2.17. The molecule has 3 atom stereocenters. The zero-order valence-electron chi connectivity index (χ0n) is 8.93. The minimum atomic E-state index is -0.501. The van der Waals surface area contributed by atoms with Crippen LogP contribution in [0.1, 0.15) is 24.9 Å². The van der Waals surface area contributed by atoms with E-state index in [1.807, 2.05) is 7.05 Å². The van der Waals surface area contributed by atoms with Crippen molar-refractivity contribution in [1.29, 1.82) is 0 Å². The van der Waals surface area contributed by atoms with Crippen molar-refractivity contribution in [2.24, 2.45) is 11.8 Å². The fraction of sp³-hybridized carbons (Fsp3) is 0.500. The predicted molar refractivity (Wildman–Crippen MR) is 55.4 cm³/mol. The van der Waals surface area contributed by atoms with Crippen molar-refractivity contribution in [3.63, 3.8) is 0 Å². The molecule has 1 aromatic rings. The van der Waals surface area contributed by atoms with Gasteiger partial charge in [0.2, 0.25) is 0 Å². The first-order valence-corrected chi connectivity index (χ1v) is 5.25. The first-order chi connectivity index (χ1) is 7.11. The van der Waals surface area contributed by atoms with Gasteiger partial charge in [0.25, 0.3) is 0 Å². The normalized spacial score (nSPS) is 26.4. The lowest BCUT2D eigenvalue weighted by molar-refractivity contribution is 0.493. The SMILES string of the molecule is CNC(c1cc(F)cc(F)c1)C1CC1C. The zero-order valence-corrected chi connectivity index (χ0v) is 8.93. The summed E-state index contributed by atoms with van der Waals surface area (Å²) in [6.45, 7) is 2.16. The van der Waals surface area contributed by atoms with E-state index >= 15 is 0 Å². The number of hydrogen-bond acceptors (Lipinski definition) is 1. The second kappa shape index (κ2) is 3.89. The van der Waals surface area contributed by atoms with Gasteiger partial charge in [0.1, 0.15) is 11.6 Å². The highest BCUT2D eigenvalue weighted by Gasteiger charge is 2.39. The number of nitrogens with one attached hydrogen (secondary N) is 1. The maximum absolute atomic E-state index is 13.0. The van der Waals surface area contributed by atoms with Crippen molar-refractivity contribution in [3.05, 3.63) is 35.4 Å². The molecule has 1 saturated carbocycles. The molecule has 0 radical (unpaired) electrons. The maximum atomic E-state index is 13.0. The van der Waals surface area contributed by atoms with Gasteiger partial charge in [0.05, 0.1) is 0 Å². The van der Waals surface area contributed by atoms with E-state index in [2.05, 4.69) is 12.2 Å². The summed E-state index contributed by atoms with van der Waals surface area (Å²) in [6, 6.07) is 3.81. The van der Waals surface area contributed by atoms with E-state index in [9.17, 15) is 8.78 Å². The molecule has 0 aliphatic heterocycles. The molecule has 82 valence electrons. The summed E-state index contributed by atoms with van der Waals surface area (Å²) in [5.41, 5.74) is 0.712. The van der Waals surface area contributed by atoms with Gasteiger partial charge in [-0.15, -0.1) is 0 Å². The van der Waals surface area contributed by atoms with Crippen LogP contribution in [0.2, 0.25) is 0 Å². The Kier molecular flexibility index (Phi) is 2.74. The molecule has 0 aromatic heterocycles. The van der Waals surface area contributed by atoms with Gasteiger partial charge in [-0.2, -0.15) is 0 Å². The molecule has 1 N–H and O–H groups in total. The van der Waals surface area contributed by atoms with Gasteiger partial charge in [-0.3, -0.25) is 0 Å². The van der Waals surface area contributed by atoms with Crippen LogP contribution in [0.3, 0.4) is 0 Å². The second-order valence-corrected chi connectivity index (χ2v) is 4.35. The summed E-state index contributed by atoms with van der Waals surface area (Å²) in [4.78, 5) is 0. The molecule has 1 nitrogen and oxygen atoms in total. The summed E-state index contributed by atoms with van der Waals surface area (Å²) in [6.07, 6.45) is 1.13. The lowest BCUT2D eigenvalue weighted by Crippen LogP contribution is -2.19. The highest BCUT2D eigenvalue weighted by molar-refractivity contribution is 5.23. The van der Waals surface area contributed by atoms with Crippen LogP contribution < -0.4 is 5.32 Å². The molecule has 1 aliphatic carbocycles. The quantitative estimate of drug-likeness (QED) is 0.810. The first-order valence-electron chi connectivity index (χ1n) is 5.25. The van der Waals surface area contributed by atoms with Crippen LogP contribution >= 0.6 is 0 Å². The van der Waals surface area contributed by atoms with Crippen LogP contribution in [0.5, 0.6) is 0 Å². The van der Waals surface area contributed by atoms with E-state index in [0.717, 1.165) is 12.5 Å². The lowest BCUT2D eigenvalue weighted by atomic mass is 10.0. The summed E-state index contributed by atoms with van der Waals surface area (Å²) in [7, 11) is 1.83. The summed E-state index contributed by atoms with van der Waals surface area (Å²) in [5, 5.41) is 3.13. The van der Waals surface area contributed by atoms with Crippen LogP contribution in [0, 0.1) is 23.5 Å². The Morgan fingerprint density at radius 2 is 1.80 bits per heavy atom. The molecule has 2 rings (SSSR count). The minimum Gasteiger partial charge on any atom is -0.313 e. The standard InChI is InChI=1S/C12H15F2N/c1-7-3-11(7)12(15-2)8-4-9(13)6-10(14)5-8/h4-7,11-12,15H,3H2,1-2H3. The number of halogens is 2. The van der Waals surface area contributed by atoms with E-state index in [1.54, 1.807) is 0 Å². The molecule has 0 spiro atoms. The summed E-state index contributed by atoms with van der Waals surface area (Å²) < 4.78 is 26.1. The van der Waals surface area contributed by atoms with E-state index in [1.165, 1.54) is 12.1 Å². The Hall–Kier alpha value is -0.960. The zero-order chi connectivity index (χ0) is 11.0. The smallest absolute Gasteiger partial charge is 0.126 e. The van der Waals surface area contributed by atoms with Crippen LogP contribution in [-0.2, 0) is 0 Å². The fourth-order valence-corrected chi connectivity index (χ4v) is 2.20. The van der Waals surface area contributed by atoms with Crippen molar-refractivity contribution < 1.29 is 8.78 Å². The molecular weight excluding hydrogens is 196 g/mol. The summed E-state index contributed by atoms with van der Waals surface area (Å²) in [5.74, 6) is 0.155. The van der Waals surface area contributed by atoms with E-state index < -0.39 is 11.6 Å². The van der Waals surface area contributed by atoms with Crippen LogP contribution in [-0.4, -0.2) is 7.05 Å². The highest BCUT2D eigenvalue weighted by atomic mass is 19.1. The van der Waals surface area contributed by atoms with Crippen LogP contribution in [0.15, 0.2) is 18.2 Å². The second-order valence-electron chi connectivity index (χ2n) is 4.35. The molecule has 0 heterocycles. The predicted octanol–water partition coefficient (Wildman–Crippen LogP) is 2.88. The Morgan fingerprint density at radius 3 is 2.20 bits per heavy atom. The molecule has 0 saturated heterocycles. The monoisotopic (exact) mass is 211 g/mol. The van der Waals surface area contributed by atoms with Gasteiger partial charge in [0, 0.05) is 12.1 Å². The van der Waals surface area contributed by atoms with Crippen molar-refractivity contribution in [1.82, 2.24) is 5.32 Å². The molecule has 3 unspecified atom stereocenters. The molecule has 3 heteroatoms. The number of benzene rings is 1. The Balaban J connectivity index is 2.26. The van der Waals surface area contributed by atoms with Gasteiger partial charge in [-0.1, -0.05) is 6.92 Å². The largest absolute Gasteiger partial charge is 0.313 e. The molecular formula is C12H15F2N. The minimum absolute atomic E-state index is 0.0743. The molecule has 1 aliphatic rings. The summed E-state index contributed by atoms with van der Waals surface area (Å²) >= 11 is 0. The fourth-order valence-electron chi connectivity index (χ4n) is 2.20. The van der Waals surface area contributed by atoms with E-state index in [4.69, 9.17) is 0 Å². The highest BCUT2D eigenvalue weighted by Crippen LogP contribution is 2.46. The number of hydrogen-bond donors (Lipinski definition) is 1. The van der Waals surface area contributed by atoms with Crippen molar-refractivity contribution in [2.45, 2.75) is 19.4 Å². The van der Waals surface area contributed by atoms with Gasteiger partial charge in [0.15, 0.2) is 0 Å². The average molecular weight is 211 g/mol.